The van der Waals surface area contributed by atoms with Crippen LogP contribution < -0.4 is 10.5 Å². The number of hydrogen-bond donors (Lipinski definition) is 1. The zero-order valence-electron chi connectivity index (χ0n) is 17.9. The summed E-state index contributed by atoms with van der Waals surface area (Å²) in [5, 5.41) is 29.7. The molecule has 1 heterocycles. The van der Waals surface area contributed by atoms with Crippen molar-refractivity contribution in [3.05, 3.63) is 76.4 Å². The lowest BCUT2D eigenvalue weighted by molar-refractivity contribution is -0.137. The third kappa shape index (κ3) is 3.78. The number of nitriles is 3. The normalized spacial score (nSPS) is 21.5. The van der Waals surface area contributed by atoms with Gasteiger partial charge in [-0.15, -0.1) is 0 Å². The number of rotatable bonds is 4. The average molecular weight is 464 g/mol. The summed E-state index contributed by atoms with van der Waals surface area (Å²) in [6, 6.07) is 13.8. The van der Waals surface area contributed by atoms with Crippen LogP contribution in [0, 0.1) is 45.3 Å². The largest absolute Gasteiger partial charge is 0.486 e. The fourth-order valence-corrected chi connectivity index (χ4v) is 4.73. The molecule has 0 radical (unpaired) electrons. The number of nitrogens with zero attached hydrogens (tertiary/aromatic N) is 3. The van der Waals surface area contributed by atoms with Crippen LogP contribution in [0.1, 0.15) is 42.3 Å². The zero-order chi connectivity index (χ0) is 24.5. The fraction of sp³-hybridized carbons (Fsp3) is 0.320. The quantitative estimate of drug-likeness (QED) is 0.641. The molecule has 2 N–H and O–H groups in total. The van der Waals surface area contributed by atoms with Crippen LogP contribution in [-0.4, -0.2) is 0 Å². The van der Waals surface area contributed by atoms with Gasteiger partial charge < -0.3 is 14.9 Å². The molecule has 172 valence electrons. The Kier molecular flexibility index (Phi) is 5.85. The summed E-state index contributed by atoms with van der Waals surface area (Å²) in [5.41, 5.74) is 4.41. The SMILES string of the molecule is N#CC1=C(N)C(C#N)(C#N)[C@@H](c2ccc(COc3cccc(C(F)(F)F)c3)o2)[C@H]2CCCC=C12. The maximum absolute atomic E-state index is 12.9. The fourth-order valence-electron chi connectivity index (χ4n) is 4.73. The first-order valence-corrected chi connectivity index (χ1v) is 10.6. The van der Waals surface area contributed by atoms with Crippen LogP contribution in [0.5, 0.6) is 5.75 Å². The van der Waals surface area contributed by atoms with Gasteiger partial charge in [-0.05, 0) is 61.1 Å². The van der Waals surface area contributed by atoms with Gasteiger partial charge in [-0.3, -0.25) is 0 Å². The van der Waals surface area contributed by atoms with Crippen molar-refractivity contribution in [2.45, 2.75) is 38.0 Å². The lowest BCUT2D eigenvalue weighted by atomic mass is 9.58. The molecule has 2 aliphatic carbocycles. The lowest BCUT2D eigenvalue weighted by Crippen LogP contribution is -2.42. The van der Waals surface area contributed by atoms with Gasteiger partial charge in [0.2, 0.25) is 0 Å². The second-order valence-corrected chi connectivity index (χ2v) is 8.22. The summed E-state index contributed by atoms with van der Waals surface area (Å²) < 4.78 is 50.2. The smallest absolute Gasteiger partial charge is 0.416 e. The number of furan rings is 1. The number of alkyl halides is 3. The number of allylic oxidation sites excluding steroid dienone is 4. The molecule has 0 amide bonds. The van der Waals surface area contributed by atoms with Crippen LogP contribution in [0.4, 0.5) is 13.2 Å². The van der Waals surface area contributed by atoms with Crippen molar-refractivity contribution in [3.8, 4) is 24.0 Å². The Morgan fingerprint density at radius 1 is 1.15 bits per heavy atom. The Morgan fingerprint density at radius 2 is 1.91 bits per heavy atom. The molecule has 2 aromatic rings. The van der Waals surface area contributed by atoms with E-state index < -0.39 is 23.1 Å². The second-order valence-electron chi connectivity index (χ2n) is 8.22. The predicted octanol–water partition coefficient (Wildman–Crippen LogP) is 5.47. The van der Waals surface area contributed by atoms with Crippen molar-refractivity contribution in [1.29, 1.82) is 15.8 Å². The van der Waals surface area contributed by atoms with Crippen molar-refractivity contribution >= 4 is 0 Å². The summed E-state index contributed by atoms with van der Waals surface area (Å²) in [6.07, 6.45) is -0.334. The molecular weight excluding hydrogens is 445 g/mol. The Balaban J connectivity index is 1.66. The van der Waals surface area contributed by atoms with Crippen molar-refractivity contribution in [3.63, 3.8) is 0 Å². The number of benzene rings is 1. The maximum atomic E-state index is 12.9. The first-order valence-electron chi connectivity index (χ1n) is 10.6. The van der Waals surface area contributed by atoms with E-state index in [1.165, 1.54) is 12.1 Å². The molecule has 0 bridgehead atoms. The Labute approximate surface area is 193 Å². The predicted molar refractivity (Wildman–Crippen MR) is 113 cm³/mol. The van der Waals surface area contributed by atoms with E-state index in [1.807, 2.05) is 18.2 Å². The molecule has 34 heavy (non-hydrogen) atoms. The number of hydrogen-bond acceptors (Lipinski definition) is 6. The Morgan fingerprint density at radius 3 is 2.59 bits per heavy atom. The third-order valence-electron chi connectivity index (χ3n) is 6.33. The molecule has 0 saturated heterocycles. The zero-order valence-corrected chi connectivity index (χ0v) is 17.9. The number of nitrogens with two attached hydrogens (primary N) is 1. The first-order chi connectivity index (χ1) is 16.2. The summed E-state index contributed by atoms with van der Waals surface area (Å²) in [4.78, 5) is 0. The highest BCUT2D eigenvalue weighted by molar-refractivity contribution is 5.58. The second kappa shape index (κ2) is 8.65. The van der Waals surface area contributed by atoms with E-state index in [0.29, 0.717) is 17.9 Å². The van der Waals surface area contributed by atoms with Crippen LogP contribution >= 0.6 is 0 Å². The van der Waals surface area contributed by atoms with Crippen molar-refractivity contribution < 1.29 is 22.3 Å². The van der Waals surface area contributed by atoms with Gasteiger partial charge in [-0.2, -0.15) is 29.0 Å². The molecule has 1 aromatic heterocycles. The number of ether oxygens (including phenoxy) is 1. The topological polar surface area (TPSA) is 120 Å². The van der Waals surface area contributed by atoms with Gasteiger partial charge in [-0.25, -0.2) is 0 Å². The van der Waals surface area contributed by atoms with E-state index in [9.17, 15) is 29.0 Å². The molecule has 0 fully saturated rings. The molecule has 9 heteroatoms. The number of fused-ring (bicyclic) bond motifs is 1. The van der Waals surface area contributed by atoms with Gasteiger partial charge in [0.1, 0.15) is 29.9 Å². The van der Waals surface area contributed by atoms with Crippen LogP contribution in [0.3, 0.4) is 0 Å². The minimum Gasteiger partial charge on any atom is -0.486 e. The van der Waals surface area contributed by atoms with Gasteiger partial charge in [0.25, 0.3) is 0 Å². The lowest BCUT2D eigenvalue weighted by Gasteiger charge is -2.42. The van der Waals surface area contributed by atoms with E-state index in [2.05, 4.69) is 6.07 Å². The maximum Gasteiger partial charge on any atom is 0.416 e. The van der Waals surface area contributed by atoms with Crippen molar-refractivity contribution in [2.24, 2.45) is 17.1 Å². The molecule has 1 aromatic carbocycles. The monoisotopic (exact) mass is 464 g/mol. The molecule has 0 saturated carbocycles. The highest BCUT2D eigenvalue weighted by Gasteiger charge is 2.55. The van der Waals surface area contributed by atoms with Crippen LogP contribution in [-0.2, 0) is 12.8 Å². The van der Waals surface area contributed by atoms with E-state index in [0.717, 1.165) is 30.5 Å². The Bertz CT molecular complexity index is 1290. The molecule has 4 rings (SSSR count). The number of halogens is 3. The molecule has 0 aliphatic heterocycles. The van der Waals surface area contributed by atoms with E-state index >= 15 is 0 Å². The first kappa shape index (κ1) is 23.0. The summed E-state index contributed by atoms with van der Waals surface area (Å²) in [5.74, 6) is -0.375. The van der Waals surface area contributed by atoms with Gasteiger partial charge >= 0.3 is 6.18 Å². The molecule has 2 atom stereocenters. The highest BCUT2D eigenvalue weighted by atomic mass is 19.4. The molecule has 2 aliphatic rings. The summed E-state index contributed by atoms with van der Waals surface area (Å²) in [7, 11) is 0. The van der Waals surface area contributed by atoms with E-state index in [4.69, 9.17) is 14.9 Å². The molecule has 0 unspecified atom stereocenters. The van der Waals surface area contributed by atoms with E-state index in [1.54, 1.807) is 12.1 Å². The van der Waals surface area contributed by atoms with Crippen LogP contribution in [0.2, 0.25) is 0 Å². The standard InChI is InChI=1S/C25H19F3N4O2/c26-25(27,28)15-4-3-5-16(10-15)33-12-17-8-9-21(34-17)22-19-7-2-1-6-18(19)20(11-29)23(32)24(22,13-30)14-31/h3-6,8-10,19,22H,1-2,7,12,32H2/t19-,22+/m0/s1. The minimum absolute atomic E-state index is 0.0252. The van der Waals surface area contributed by atoms with Gasteiger partial charge in [0.05, 0.1) is 34.9 Å². The summed E-state index contributed by atoms with van der Waals surface area (Å²) >= 11 is 0. The summed E-state index contributed by atoms with van der Waals surface area (Å²) in [6.45, 7) is -0.151. The molecular formula is C25H19F3N4O2. The highest BCUT2D eigenvalue weighted by Crippen LogP contribution is 2.56. The van der Waals surface area contributed by atoms with Gasteiger partial charge in [0, 0.05) is 0 Å². The van der Waals surface area contributed by atoms with Crippen molar-refractivity contribution in [2.75, 3.05) is 0 Å². The van der Waals surface area contributed by atoms with Crippen LogP contribution in [0.15, 0.2) is 63.7 Å². The van der Waals surface area contributed by atoms with Gasteiger partial charge in [-0.1, -0.05) is 12.1 Å². The Hall–Kier alpha value is -4.16. The average Bonchev–Trinajstić information content (AvgIpc) is 3.30. The molecule has 6 nitrogen and oxygen atoms in total. The minimum atomic E-state index is -4.49. The van der Waals surface area contributed by atoms with E-state index in [-0.39, 0.29) is 29.5 Å². The van der Waals surface area contributed by atoms with Gasteiger partial charge in [0.15, 0.2) is 5.41 Å². The third-order valence-corrected chi connectivity index (χ3v) is 6.33. The van der Waals surface area contributed by atoms with Crippen molar-refractivity contribution in [1.82, 2.24) is 0 Å². The molecule has 0 spiro atoms. The van der Waals surface area contributed by atoms with Crippen LogP contribution in [0.25, 0.3) is 0 Å².